The van der Waals surface area contributed by atoms with E-state index in [1.165, 1.54) is 16.9 Å². The van der Waals surface area contributed by atoms with E-state index in [1.54, 1.807) is 6.07 Å². The number of hydrogen-bond donors (Lipinski definition) is 3. The second kappa shape index (κ2) is 8.17. The number of urea groups is 1. The van der Waals surface area contributed by atoms with E-state index in [4.69, 9.17) is 20.9 Å². The van der Waals surface area contributed by atoms with Crippen LogP contribution in [0.4, 0.5) is 15.3 Å². The molecule has 1 aliphatic rings. The van der Waals surface area contributed by atoms with E-state index in [-0.39, 0.29) is 5.06 Å². The average Bonchev–Trinajstić information content (AvgIpc) is 2.97. The van der Waals surface area contributed by atoms with Crippen LogP contribution in [0.15, 0.2) is 30.3 Å². The maximum atomic E-state index is 11.1. The molecule has 2 aromatic rings. The first-order valence-electron chi connectivity index (χ1n) is 8.08. The summed E-state index contributed by atoms with van der Waals surface area (Å²) in [5, 5.41) is 2.63. The van der Waals surface area contributed by atoms with Crippen molar-refractivity contribution in [1.29, 1.82) is 0 Å². The molecule has 3 amide bonds. The molecule has 0 bridgehead atoms. The highest BCUT2D eigenvalue weighted by Crippen LogP contribution is 2.40. The second-order valence-electron chi connectivity index (χ2n) is 5.81. The summed E-state index contributed by atoms with van der Waals surface area (Å²) in [6, 6.07) is 9.04. The summed E-state index contributed by atoms with van der Waals surface area (Å²) >= 11 is 1.20. The fraction of sp³-hybridized carbons (Fsp3) is 0.294. The summed E-state index contributed by atoms with van der Waals surface area (Å²) in [6.45, 7) is 4.28. The van der Waals surface area contributed by atoms with Crippen molar-refractivity contribution in [3.05, 3.63) is 35.9 Å². The zero-order chi connectivity index (χ0) is 18.5. The first-order valence-corrected chi connectivity index (χ1v) is 8.90. The summed E-state index contributed by atoms with van der Waals surface area (Å²) in [6.07, 6.45) is -0.952. The number of anilines is 1. The molecule has 3 rings (SSSR count). The normalized spacial score (nSPS) is 14.8. The number of ether oxygens (including phenoxy) is 2. The van der Waals surface area contributed by atoms with Crippen LogP contribution in [0.2, 0.25) is 0 Å². The third-order valence-corrected chi connectivity index (χ3v) is 4.96. The molecule has 1 fully saturated rings. The highest BCUT2D eigenvalue weighted by molar-refractivity contribution is 7.18. The van der Waals surface area contributed by atoms with Crippen LogP contribution in [-0.2, 0) is 11.3 Å². The Hall–Kier alpha value is -2.62. The molecule has 2 heterocycles. The van der Waals surface area contributed by atoms with Crippen molar-refractivity contribution in [2.24, 2.45) is 11.5 Å². The minimum atomic E-state index is -0.952. The van der Waals surface area contributed by atoms with Gasteiger partial charge in [0, 0.05) is 24.5 Å². The Kier molecular flexibility index (Phi) is 5.71. The first-order chi connectivity index (χ1) is 12.5. The Balaban J connectivity index is 1.76. The van der Waals surface area contributed by atoms with E-state index in [1.807, 2.05) is 12.1 Å². The van der Waals surface area contributed by atoms with Crippen LogP contribution in [0.1, 0.15) is 5.56 Å². The number of thiophene rings is 1. The number of nitrogens with two attached hydrogens (primary N) is 2. The zero-order valence-corrected chi connectivity index (χ0v) is 14.9. The predicted molar refractivity (Wildman–Crippen MR) is 99.3 cm³/mol. The Morgan fingerprint density at radius 2 is 1.88 bits per heavy atom. The number of amides is 3. The van der Waals surface area contributed by atoms with Crippen LogP contribution in [0.5, 0.6) is 5.06 Å². The van der Waals surface area contributed by atoms with E-state index in [2.05, 4.69) is 22.3 Å². The first kappa shape index (κ1) is 18.2. The maximum absolute atomic E-state index is 11.1. The Labute approximate surface area is 154 Å². The van der Waals surface area contributed by atoms with Crippen molar-refractivity contribution in [2.75, 3.05) is 31.6 Å². The molecule has 0 unspecified atom stereocenters. The fourth-order valence-electron chi connectivity index (χ4n) is 2.70. The summed E-state index contributed by atoms with van der Waals surface area (Å²) in [7, 11) is 0. The number of nitrogens with zero attached hydrogens (tertiary/aromatic N) is 1. The van der Waals surface area contributed by atoms with Crippen molar-refractivity contribution in [1.82, 2.24) is 4.90 Å². The molecule has 1 aromatic carbocycles. The van der Waals surface area contributed by atoms with Gasteiger partial charge in [0.2, 0.25) is 5.06 Å². The number of morpholine rings is 1. The van der Waals surface area contributed by atoms with Crippen molar-refractivity contribution in [3.8, 4) is 15.5 Å². The molecule has 8 nitrogen and oxygen atoms in total. The molecular weight excluding hydrogens is 356 g/mol. The molecular formula is C17H20N4O4S. The fourth-order valence-corrected chi connectivity index (χ4v) is 3.67. The molecule has 5 N–H and O–H groups in total. The number of hydrogen-bond acceptors (Lipinski definition) is 6. The van der Waals surface area contributed by atoms with Crippen LogP contribution in [-0.4, -0.2) is 43.3 Å². The molecule has 0 radical (unpaired) electrons. The SMILES string of the molecule is NC(=O)Nc1cc(-c2ccc(CN3CCOCC3)cc2)sc1OC(N)=O. The third kappa shape index (κ3) is 4.72. The number of primary amides is 2. The van der Waals surface area contributed by atoms with Gasteiger partial charge in [0.15, 0.2) is 0 Å². The summed E-state index contributed by atoms with van der Waals surface area (Å²) in [5.41, 5.74) is 12.7. The number of carbonyl (C=O) groups is 2. The lowest BCUT2D eigenvalue weighted by molar-refractivity contribution is 0.0342. The average molecular weight is 376 g/mol. The van der Waals surface area contributed by atoms with Gasteiger partial charge in [0.05, 0.1) is 18.9 Å². The molecule has 9 heteroatoms. The van der Waals surface area contributed by atoms with Gasteiger partial charge >= 0.3 is 12.1 Å². The number of rotatable bonds is 5. The number of carbonyl (C=O) groups excluding carboxylic acids is 2. The minimum Gasteiger partial charge on any atom is -0.397 e. The quantitative estimate of drug-likeness (QED) is 0.739. The number of benzene rings is 1. The molecule has 0 spiro atoms. The third-order valence-electron chi connectivity index (χ3n) is 3.90. The van der Waals surface area contributed by atoms with E-state index >= 15 is 0 Å². The van der Waals surface area contributed by atoms with Gasteiger partial charge in [-0.3, -0.25) is 4.90 Å². The highest BCUT2D eigenvalue weighted by Gasteiger charge is 2.16. The largest absolute Gasteiger partial charge is 0.410 e. The molecule has 138 valence electrons. The van der Waals surface area contributed by atoms with E-state index in [0.29, 0.717) is 5.69 Å². The van der Waals surface area contributed by atoms with Crippen LogP contribution in [0.3, 0.4) is 0 Å². The predicted octanol–water partition coefficient (Wildman–Crippen LogP) is 2.20. The second-order valence-corrected chi connectivity index (χ2v) is 6.82. The van der Waals surface area contributed by atoms with Gasteiger partial charge in [-0.15, -0.1) is 0 Å². The lowest BCUT2D eigenvalue weighted by atomic mass is 10.1. The van der Waals surface area contributed by atoms with E-state index < -0.39 is 12.1 Å². The van der Waals surface area contributed by atoms with Crippen LogP contribution in [0.25, 0.3) is 10.4 Å². The van der Waals surface area contributed by atoms with Gasteiger partial charge in [-0.05, 0) is 17.2 Å². The van der Waals surface area contributed by atoms with Gasteiger partial charge in [0.25, 0.3) is 0 Å². The molecule has 0 aliphatic carbocycles. The van der Waals surface area contributed by atoms with Crippen molar-refractivity contribution < 1.29 is 19.1 Å². The smallest absolute Gasteiger partial charge is 0.397 e. The Bertz CT molecular complexity index is 751. The Morgan fingerprint density at radius 3 is 2.50 bits per heavy atom. The van der Waals surface area contributed by atoms with Gasteiger partial charge in [-0.2, -0.15) is 0 Å². The minimum absolute atomic E-state index is 0.198. The van der Waals surface area contributed by atoms with Crippen LogP contribution < -0.4 is 21.5 Å². The molecule has 0 saturated carbocycles. The molecule has 1 aromatic heterocycles. The summed E-state index contributed by atoms with van der Waals surface area (Å²) < 4.78 is 10.3. The highest BCUT2D eigenvalue weighted by atomic mass is 32.1. The maximum Gasteiger partial charge on any atom is 0.410 e. The monoisotopic (exact) mass is 376 g/mol. The van der Waals surface area contributed by atoms with Crippen molar-refractivity contribution in [2.45, 2.75) is 6.54 Å². The van der Waals surface area contributed by atoms with Crippen LogP contribution >= 0.6 is 11.3 Å². The zero-order valence-electron chi connectivity index (χ0n) is 14.1. The van der Waals surface area contributed by atoms with E-state index in [9.17, 15) is 9.59 Å². The summed E-state index contributed by atoms with van der Waals surface area (Å²) in [5.74, 6) is 0. The van der Waals surface area contributed by atoms with Gasteiger partial charge in [-0.1, -0.05) is 35.6 Å². The Morgan fingerprint density at radius 1 is 1.19 bits per heavy atom. The molecule has 26 heavy (non-hydrogen) atoms. The van der Waals surface area contributed by atoms with E-state index in [0.717, 1.165) is 43.3 Å². The lowest BCUT2D eigenvalue weighted by Gasteiger charge is -2.26. The van der Waals surface area contributed by atoms with Crippen LogP contribution in [0, 0.1) is 0 Å². The van der Waals surface area contributed by atoms with Gasteiger partial charge < -0.3 is 26.3 Å². The standard InChI is InChI=1S/C17H20N4O4S/c18-16(22)20-13-9-14(26-15(13)25-17(19)23)12-3-1-11(2-4-12)10-21-5-7-24-8-6-21/h1-4,9H,5-8,10H2,(H2,19,23)(H3,18,20,22). The lowest BCUT2D eigenvalue weighted by Crippen LogP contribution is -2.35. The van der Waals surface area contributed by atoms with Gasteiger partial charge in [0.1, 0.15) is 0 Å². The van der Waals surface area contributed by atoms with Crippen molar-refractivity contribution in [3.63, 3.8) is 0 Å². The molecule has 0 atom stereocenters. The topological polar surface area (TPSA) is 120 Å². The number of nitrogens with one attached hydrogen (secondary N) is 1. The van der Waals surface area contributed by atoms with Crippen molar-refractivity contribution >= 4 is 29.1 Å². The molecule has 1 aliphatic heterocycles. The van der Waals surface area contributed by atoms with Gasteiger partial charge in [-0.25, -0.2) is 9.59 Å². The molecule has 1 saturated heterocycles. The summed E-state index contributed by atoms with van der Waals surface area (Å²) in [4.78, 5) is 25.3.